The van der Waals surface area contributed by atoms with Gasteiger partial charge in [-0.1, -0.05) is 48.0 Å². The summed E-state index contributed by atoms with van der Waals surface area (Å²) in [4.78, 5) is 28.2. The topological polar surface area (TPSA) is 84.1 Å². The monoisotopic (exact) mass is 495 g/mol. The Labute approximate surface area is 209 Å². The van der Waals surface area contributed by atoms with Crippen LogP contribution in [0.4, 0.5) is 0 Å². The molecule has 0 atom stereocenters. The van der Waals surface area contributed by atoms with E-state index in [1.807, 2.05) is 71.3 Å². The molecule has 8 nitrogen and oxygen atoms in total. The lowest BCUT2D eigenvalue weighted by molar-refractivity contribution is 0.174. The second kappa shape index (κ2) is 8.07. The van der Waals surface area contributed by atoms with Crippen LogP contribution in [-0.4, -0.2) is 30.9 Å². The molecule has 4 heterocycles. The third kappa shape index (κ3) is 3.30. The fourth-order valence-corrected chi connectivity index (χ4v) is 4.83. The van der Waals surface area contributed by atoms with Crippen molar-refractivity contribution in [1.29, 1.82) is 0 Å². The van der Waals surface area contributed by atoms with Crippen molar-refractivity contribution in [2.45, 2.75) is 13.1 Å². The maximum absolute atomic E-state index is 13.8. The Bertz CT molecular complexity index is 1880. The SMILES string of the molecule is O=c1c2c3nc4ccccc4nc3n(Cc3ccc4c(c3)OCO4)c2ncn1Cc1ccccc1Cl. The van der Waals surface area contributed by atoms with Crippen LogP contribution in [0.5, 0.6) is 11.5 Å². The lowest BCUT2D eigenvalue weighted by atomic mass is 10.2. The average molecular weight is 496 g/mol. The third-order valence-corrected chi connectivity index (χ3v) is 6.76. The first-order chi connectivity index (χ1) is 17.7. The molecule has 3 aromatic carbocycles. The van der Waals surface area contributed by atoms with E-state index in [4.69, 9.17) is 36.0 Å². The largest absolute Gasteiger partial charge is 0.454 e. The summed E-state index contributed by atoms with van der Waals surface area (Å²) in [5, 5.41) is 1.03. The molecule has 0 saturated heterocycles. The number of hydrogen-bond donors (Lipinski definition) is 0. The Morgan fingerprint density at radius 1 is 0.861 bits per heavy atom. The van der Waals surface area contributed by atoms with Crippen LogP contribution in [-0.2, 0) is 13.1 Å². The van der Waals surface area contributed by atoms with Crippen molar-refractivity contribution in [3.8, 4) is 11.5 Å². The predicted octanol–water partition coefficient (Wildman–Crippen LogP) is 4.77. The number of hydrogen-bond acceptors (Lipinski definition) is 6. The van der Waals surface area contributed by atoms with Gasteiger partial charge >= 0.3 is 0 Å². The molecule has 7 rings (SSSR count). The van der Waals surface area contributed by atoms with Gasteiger partial charge in [0.15, 0.2) is 22.8 Å². The fraction of sp³-hybridized carbons (Fsp3) is 0.111. The molecule has 1 aliphatic rings. The van der Waals surface area contributed by atoms with Crippen LogP contribution in [0.3, 0.4) is 0 Å². The Kier molecular flexibility index (Phi) is 4.68. The molecule has 6 aromatic rings. The maximum Gasteiger partial charge on any atom is 0.265 e. The molecule has 0 bridgehead atoms. The summed E-state index contributed by atoms with van der Waals surface area (Å²) in [5.41, 5.74) is 4.72. The third-order valence-electron chi connectivity index (χ3n) is 6.39. The molecule has 3 aromatic heterocycles. The lowest BCUT2D eigenvalue weighted by Gasteiger charge is -2.09. The van der Waals surface area contributed by atoms with Crippen LogP contribution in [0.2, 0.25) is 5.02 Å². The van der Waals surface area contributed by atoms with Gasteiger partial charge in [0.2, 0.25) is 6.79 Å². The molecular weight excluding hydrogens is 478 g/mol. The summed E-state index contributed by atoms with van der Waals surface area (Å²) in [5.74, 6) is 1.41. The Morgan fingerprint density at radius 2 is 1.64 bits per heavy atom. The van der Waals surface area contributed by atoms with E-state index in [2.05, 4.69) is 0 Å². The van der Waals surface area contributed by atoms with Crippen LogP contribution in [0.25, 0.3) is 33.2 Å². The molecule has 0 fully saturated rings. The molecule has 0 spiro atoms. The van der Waals surface area contributed by atoms with Crippen LogP contribution in [0, 0.1) is 0 Å². The molecule has 0 amide bonds. The first kappa shape index (κ1) is 20.9. The van der Waals surface area contributed by atoms with E-state index >= 15 is 0 Å². The predicted molar refractivity (Wildman–Crippen MR) is 137 cm³/mol. The molecular formula is C27H18ClN5O3. The quantitative estimate of drug-likeness (QED) is 0.350. The van der Waals surface area contributed by atoms with E-state index in [0.717, 1.165) is 16.6 Å². The highest BCUT2D eigenvalue weighted by molar-refractivity contribution is 6.31. The highest BCUT2D eigenvalue weighted by Gasteiger charge is 2.21. The highest BCUT2D eigenvalue weighted by Crippen LogP contribution is 2.33. The minimum Gasteiger partial charge on any atom is -0.454 e. The molecule has 176 valence electrons. The Morgan fingerprint density at radius 3 is 2.50 bits per heavy atom. The van der Waals surface area contributed by atoms with E-state index in [1.54, 1.807) is 10.9 Å². The lowest BCUT2D eigenvalue weighted by Crippen LogP contribution is -2.21. The summed E-state index contributed by atoms with van der Waals surface area (Å²) in [7, 11) is 0. The van der Waals surface area contributed by atoms with Crippen LogP contribution < -0.4 is 15.0 Å². The number of ether oxygens (including phenoxy) is 2. The smallest absolute Gasteiger partial charge is 0.265 e. The molecule has 0 N–H and O–H groups in total. The number of para-hydroxylation sites is 2. The molecule has 36 heavy (non-hydrogen) atoms. The van der Waals surface area contributed by atoms with Gasteiger partial charge in [-0.3, -0.25) is 9.36 Å². The second-order valence-corrected chi connectivity index (χ2v) is 9.03. The van der Waals surface area contributed by atoms with Crippen molar-refractivity contribution in [2.24, 2.45) is 0 Å². The van der Waals surface area contributed by atoms with E-state index in [9.17, 15) is 4.79 Å². The van der Waals surface area contributed by atoms with E-state index in [0.29, 0.717) is 57.3 Å². The van der Waals surface area contributed by atoms with Crippen LogP contribution in [0.1, 0.15) is 11.1 Å². The molecule has 0 saturated carbocycles. The van der Waals surface area contributed by atoms with Gasteiger partial charge in [-0.2, -0.15) is 0 Å². The summed E-state index contributed by atoms with van der Waals surface area (Å²) >= 11 is 6.36. The van der Waals surface area contributed by atoms with E-state index < -0.39 is 0 Å². The molecule has 9 heteroatoms. The van der Waals surface area contributed by atoms with Gasteiger partial charge in [0, 0.05) is 5.02 Å². The Hall–Kier alpha value is -4.43. The normalized spacial score (nSPS) is 12.7. The van der Waals surface area contributed by atoms with Crippen molar-refractivity contribution in [3.63, 3.8) is 0 Å². The molecule has 1 aliphatic heterocycles. The number of rotatable bonds is 4. The van der Waals surface area contributed by atoms with E-state index in [1.165, 1.54) is 0 Å². The van der Waals surface area contributed by atoms with E-state index in [-0.39, 0.29) is 12.4 Å². The fourth-order valence-electron chi connectivity index (χ4n) is 4.63. The highest BCUT2D eigenvalue weighted by atomic mass is 35.5. The van der Waals surface area contributed by atoms with Crippen LogP contribution in [0.15, 0.2) is 77.9 Å². The standard InChI is InChI=1S/C27H18ClN5O3/c28-18-6-2-1-5-17(18)13-32-14-29-25-23(27(32)34)24-26(31-20-8-4-3-7-19(20)30-24)33(25)12-16-9-10-21-22(11-16)36-15-35-21/h1-11,14H,12-13,15H2. The van der Waals surface area contributed by atoms with Crippen molar-refractivity contribution in [2.75, 3.05) is 6.79 Å². The first-order valence-corrected chi connectivity index (χ1v) is 11.8. The minimum atomic E-state index is -0.195. The number of aromatic nitrogens is 5. The second-order valence-electron chi connectivity index (χ2n) is 8.63. The average Bonchev–Trinajstić information content (AvgIpc) is 3.48. The number of nitrogens with zero attached hydrogens (tertiary/aromatic N) is 5. The summed E-state index contributed by atoms with van der Waals surface area (Å²) < 4.78 is 14.5. The van der Waals surface area contributed by atoms with Gasteiger partial charge in [-0.25, -0.2) is 15.0 Å². The van der Waals surface area contributed by atoms with Gasteiger partial charge in [-0.05, 0) is 41.5 Å². The summed E-state index contributed by atoms with van der Waals surface area (Å²) in [6.45, 7) is 0.945. The van der Waals surface area contributed by atoms with Gasteiger partial charge in [0.05, 0.1) is 24.1 Å². The zero-order valence-electron chi connectivity index (χ0n) is 18.9. The van der Waals surface area contributed by atoms with Gasteiger partial charge in [0.1, 0.15) is 17.2 Å². The maximum atomic E-state index is 13.8. The summed E-state index contributed by atoms with van der Waals surface area (Å²) in [6.07, 6.45) is 1.56. The Balaban J connectivity index is 1.45. The number of halogens is 1. The first-order valence-electron chi connectivity index (χ1n) is 11.4. The zero-order valence-corrected chi connectivity index (χ0v) is 19.6. The molecule has 0 aliphatic carbocycles. The number of benzene rings is 3. The molecule has 0 unspecified atom stereocenters. The zero-order chi connectivity index (χ0) is 24.2. The van der Waals surface area contributed by atoms with Crippen molar-refractivity contribution in [1.82, 2.24) is 24.1 Å². The minimum absolute atomic E-state index is 0.195. The number of fused-ring (bicyclic) bond motifs is 5. The van der Waals surface area contributed by atoms with Gasteiger partial charge in [-0.15, -0.1) is 0 Å². The van der Waals surface area contributed by atoms with Crippen molar-refractivity contribution >= 4 is 44.8 Å². The van der Waals surface area contributed by atoms with Gasteiger partial charge in [0.25, 0.3) is 5.56 Å². The van der Waals surface area contributed by atoms with Crippen molar-refractivity contribution in [3.05, 3.63) is 99.6 Å². The van der Waals surface area contributed by atoms with Crippen LogP contribution >= 0.6 is 11.6 Å². The summed E-state index contributed by atoms with van der Waals surface area (Å²) in [6, 6.07) is 20.9. The molecule has 0 radical (unpaired) electrons. The van der Waals surface area contributed by atoms with Crippen molar-refractivity contribution < 1.29 is 9.47 Å². The van der Waals surface area contributed by atoms with Gasteiger partial charge < -0.3 is 14.0 Å².